The highest BCUT2D eigenvalue weighted by atomic mass is 31.2. The van der Waals surface area contributed by atoms with Crippen molar-refractivity contribution >= 4 is 13.4 Å². The summed E-state index contributed by atoms with van der Waals surface area (Å²) >= 11 is 0. The summed E-state index contributed by atoms with van der Waals surface area (Å²) in [7, 11) is -3.16. The Balaban J connectivity index is 2.78. The van der Waals surface area contributed by atoms with Gasteiger partial charge in [-0.25, -0.2) is 0 Å². The van der Waals surface area contributed by atoms with Crippen LogP contribution in [-0.4, -0.2) is 19.0 Å². The van der Waals surface area contributed by atoms with Crippen molar-refractivity contribution in [1.82, 2.24) is 0 Å². The molecule has 1 aromatic rings. The zero-order valence-corrected chi connectivity index (χ0v) is 11.2. The molecule has 5 nitrogen and oxygen atoms in total. The minimum absolute atomic E-state index is 0.0436. The molecule has 0 radical (unpaired) electrons. The largest absolute Gasteiger partial charge is 0.457 e. The Morgan fingerprint density at radius 1 is 1.29 bits per heavy atom. The van der Waals surface area contributed by atoms with Gasteiger partial charge in [0.2, 0.25) is 0 Å². The molecule has 0 saturated carbocycles. The van der Waals surface area contributed by atoms with Gasteiger partial charge in [0.15, 0.2) is 11.5 Å². The summed E-state index contributed by atoms with van der Waals surface area (Å²) in [6.07, 6.45) is 0.0436. The van der Waals surface area contributed by atoms with Gasteiger partial charge in [-0.15, -0.1) is 0 Å². The molecule has 0 bridgehead atoms. The highest BCUT2D eigenvalue weighted by Crippen LogP contribution is 2.51. The van der Waals surface area contributed by atoms with Gasteiger partial charge in [-0.1, -0.05) is 0 Å². The average Bonchev–Trinajstić information content (AvgIpc) is 2.66. The molecule has 17 heavy (non-hydrogen) atoms. The van der Waals surface area contributed by atoms with Crippen molar-refractivity contribution in [3.63, 3.8) is 0 Å². The Morgan fingerprint density at radius 3 is 2.29 bits per heavy atom. The number of hydrogen-bond acceptors (Lipinski definition) is 5. The Morgan fingerprint density at radius 2 is 1.88 bits per heavy atom. The summed E-state index contributed by atoms with van der Waals surface area (Å²) in [4.78, 5) is 11.1. The standard InChI is InChI=1S/C11H17O5P/c1-4-14-17(13,15-5-2)8-10-6-7-11(16-10)9(3)12/h6-7H,4-5,8H2,1-3H3. The Labute approximate surface area is 101 Å². The number of ketones is 1. The minimum Gasteiger partial charge on any atom is -0.457 e. The van der Waals surface area contributed by atoms with Crippen LogP contribution in [0.5, 0.6) is 0 Å². The van der Waals surface area contributed by atoms with Crippen LogP contribution < -0.4 is 0 Å². The van der Waals surface area contributed by atoms with Crippen LogP contribution in [0.3, 0.4) is 0 Å². The second kappa shape index (κ2) is 6.15. The lowest BCUT2D eigenvalue weighted by molar-refractivity contribution is 0.0985. The molecule has 1 rings (SSSR count). The average molecular weight is 260 g/mol. The molecule has 0 aliphatic carbocycles. The topological polar surface area (TPSA) is 65.7 Å². The summed E-state index contributed by atoms with van der Waals surface area (Å²) in [5, 5.41) is 0. The normalized spacial score (nSPS) is 11.7. The first-order valence-corrected chi connectivity index (χ1v) is 7.21. The van der Waals surface area contributed by atoms with Gasteiger partial charge in [0.25, 0.3) is 0 Å². The second-order valence-corrected chi connectivity index (χ2v) is 5.48. The Kier molecular flexibility index (Phi) is 5.12. The van der Waals surface area contributed by atoms with E-state index in [1.165, 1.54) is 6.92 Å². The van der Waals surface area contributed by atoms with Gasteiger partial charge in [0, 0.05) is 6.92 Å². The van der Waals surface area contributed by atoms with E-state index in [1.807, 2.05) is 0 Å². The molecule has 0 spiro atoms. The molecule has 0 amide bonds. The maximum atomic E-state index is 12.2. The van der Waals surface area contributed by atoms with Crippen molar-refractivity contribution in [3.05, 3.63) is 23.7 Å². The molecule has 0 saturated heterocycles. The van der Waals surface area contributed by atoms with Crippen molar-refractivity contribution in [3.8, 4) is 0 Å². The van der Waals surface area contributed by atoms with Gasteiger partial charge >= 0.3 is 7.60 Å². The zero-order valence-electron chi connectivity index (χ0n) is 10.3. The van der Waals surface area contributed by atoms with E-state index < -0.39 is 7.60 Å². The molecule has 96 valence electrons. The first-order valence-electron chi connectivity index (χ1n) is 5.48. The highest BCUT2D eigenvalue weighted by Gasteiger charge is 2.26. The van der Waals surface area contributed by atoms with Crippen molar-refractivity contribution in [2.24, 2.45) is 0 Å². The number of rotatable bonds is 7. The molecule has 0 unspecified atom stereocenters. The molecule has 0 aliphatic rings. The third-order valence-electron chi connectivity index (χ3n) is 2.01. The van der Waals surface area contributed by atoms with E-state index in [4.69, 9.17) is 13.5 Å². The van der Waals surface area contributed by atoms with E-state index in [-0.39, 0.29) is 17.7 Å². The first kappa shape index (κ1) is 14.2. The molecular weight excluding hydrogens is 243 g/mol. The van der Waals surface area contributed by atoms with Gasteiger partial charge in [-0.05, 0) is 26.0 Å². The van der Waals surface area contributed by atoms with E-state index in [0.717, 1.165) is 0 Å². The van der Waals surface area contributed by atoms with Gasteiger partial charge in [-0.2, -0.15) is 0 Å². The summed E-state index contributed by atoms with van der Waals surface area (Å²) in [5.74, 6) is 0.513. The van der Waals surface area contributed by atoms with Crippen LogP contribution in [0.1, 0.15) is 37.1 Å². The third kappa shape index (κ3) is 4.11. The lowest BCUT2D eigenvalue weighted by Crippen LogP contribution is -1.98. The van der Waals surface area contributed by atoms with E-state index in [1.54, 1.807) is 26.0 Å². The SMILES string of the molecule is CCOP(=O)(Cc1ccc(C(C)=O)o1)OCC. The van der Waals surface area contributed by atoms with E-state index in [0.29, 0.717) is 19.0 Å². The van der Waals surface area contributed by atoms with Crippen LogP contribution in [0.25, 0.3) is 0 Å². The molecule has 0 N–H and O–H groups in total. The van der Waals surface area contributed by atoms with Crippen molar-refractivity contribution < 1.29 is 22.8 Å². The molecule has 0 atom stereocenters. The summed E-state index contributed by atoms with van der Waals surface area (Å²) in [5.41, 5.74) is 0. The van der Waals surface area contributed by atoms with Crippen LogP contribution >= 0.6 is 7.60 Å². The summed E-state index contributed by atoms with van der Waals surface area (Å²) in [6, 6.07) is 3.17. The van der Waals surface area contributed by atoms with Crippen LogP contribution in [0.15, 0.2) is 16.5 Å². The highest BCUT2D eigenvalue weighted by molar-refractivity contribution is 7.53. The van der Waals surface area contributed by atoms with Crippen LogP contribution in [0, 0.1) is 0 Å². The molecule has 0 fully saturated rings. The van der Waals surface area contributed by atoms with E-state index >= 15 is 0 Å². The van der Waals surface area contributed by atoms with Crippen LogP contribution in [-0.2, 0) is 19.8 Å². The summed E-state index contributed by atoms with van der Waals surface area (Å²) < 4.78 is 27.7. The lowest BCUT2D eigenvalue weighted by Gasteiger charge is -2.15. The fourth-order valence-electron chi connectivity index (χ4n) is 1.36. The lowest BCUT2D eigenvalue weighted by atomic mass is 10.3. The monoisotopic (exact) mass is 260 g/mol. The first-order chi connectivity index (χ1) is 8.00. The predicted octanol–water partition coefficient (Wildman–Crippen LogP) is 3.25. The molecule has 1 aromatic heterocycles. The number of hydrogen-bond donors (Lipinski definition) is 0. The van der Waals surface area contributed by atoms with Gasteiger partial charge in [0.05, 0.1) is 13.2 Å². The van der Waals surface area contributed by atoms with E-state index in [2.05, 4.69) is 0 Å². The van der Waals surface area contributed by atoms with Crippen molar-refractivity contribution in [2.75, 3.05) is 13.2 Å². The summed E-state index contributed by atoms with van der Waals surface area (Å²) in [6.45, 7) is 5.51. The molecule has 0 aliphatic heterocycles. The fourth-order valence-corrected chi connectivity index (χ4v) is 2.96. The molecule has 6 heteroatoms. The van der Waals surface area contributed by atoms with Gasteiger partial charge in [-0.3, -0.25) is 9.36 Å². The van der Waals surface area contributed by atoms with Crippen LogP contribution in [0.4, 0.5) is 0 Å². The Bertz CT molecular complexity index is 413. The van der Waals surface area contributed by atoms with Gasteiger partial charge < -0.3 is 13.5 Å². The Hall–Kier alpha value is -0.900. The maximum Gasteiger partial charge on any atom is 0.338 e. The number of carbonyl (C=O) groups excluding carboxylic acids is 1. The smallest absolute Gasteiger partial charge is 0.338 e. The number of carbonyl (C=O) groups is 1. The van der Waals surface area contributed by atoms with Crippen molar-refractivity contribution in [1.29, 1.82) is 0 Å². The van der Waals surface area contributed by atoms with E-state index in [9.17, 15) is 9.36 Å². The predicted molar refractivity (Wildman–Crippen MR) is 63.3 cm³/mol. The van der Waals surface area contributed by atoms with Gasteiger partial charge in [0.1, 0.15) is 11.9 Å². The second-order valence-electron chi connectivity index (χ2n) is 3.43. The molecule has 0 aromatic carbocycles. The number of Topliss-reactive ketones (excluding diaryl/α,β-unsaturated/α-hetero) is 1. The third-order valence-corrected chi connectivity index (χ3v) is 4.01. The zero-order chi connectivity index (χ0) is 12.9. The van der Waals surface area contributed by atoms with Crippen molar-refractivity contribution in [2.45, 2.75) is 26.9 Å². The van der Waals surface area contributed by atoms with Crippen LogP contribution in [0.2, 0.25) is 0 Å². The quantitative estimate of drug-likeness (QED) is 0.556. The minimum atomic E-state index is -3.16. The molecular formula is C11H17O5P. The maximum absolute atomic E-state index is 12.2. The number of furan rings is 1. The fraction of sp³-hybridized carbons (Fsp3) is 0.545. The molecule has 1 heterocycles.